The van der Waals surface area contributed by atoms with E-state index in [0.29, 0.717) is 47.0 Å². The van der Waals surface area contributed by atoms with Gasteiger partial charge in [-0.05, 0) is 24.3 Å². The van der Waals surface area contributed by atoms with Crippen molar-refractivity contribution < 1.29 is 18.4 Å². The molecule has 3 aromatic heterocycles. The van der Waals surface area contributed by atoms with Crippen LogP contribution in [0.1, 0.15) is 11.5 Å². The summed E-state index contributed by atoms with van der Waals surface area (Å²) >= 11 is 1.09. The van der Waals surface area contributed by atoms with E-state index < -0.39 is 5.91 Å². The number of hydrogen-bond acceptors (Lipinski definition) is 7. The fraction of sp³-hybridized carbons (Fsp3) is 0.250. The molecule has 0 saturated carbocycles. The molecule has 0 unspecified atom stereocenters. The molecule has 0 aliphatic carbocycles. The number of amides is 1. The second-order valence-electron chi connectivity index (χ2n) is 6.29. The summed E-state index contributed by atoms with van der Waals surface area (Å²) in [5, 5.41) is 9.76. The smallest absolute Gasteiger partial charge is 0.269 e. The molecule has 8 nitrogen and oxygen atoms in total. The van der Waals surface area contributed by atoms with Crippen molar-refractivity contribution in [2.45, 2.75) is 6.54 Å². The van der Waals surface area contributed by atoms with E-state index in [9.17, 15) is 14.9 Å². The van der Waals surface area contributed by atoms with Crippen LogP contribution in [0.5, 0.6) is 0 Å². The van der Waals surface area contributed by atoms with Crippen molar-refractivity contribution in [3.05, 3.63) is 67.9 Å². The zero-order valence-electron chi connectivity index (χ0n) is 15.4. The second-order valence-corrected chi connectivity index (χ2v) is 7.32. The largest absolute Gasteiger partial charge is 0.467 e. The van der Waals surface area contributed by atoms with Crippen LogP contribution in [0.3, 0.4) is 0 Å². The van der Waals surface area contributed by atoms with Crippen LogP contribution in [0.25, 0.3) is 11.6 Å². The lowest BCUT2D eigenvalue weighted by molar-refractivity contribution is -0.128. The quantitative estimate of drug-likeness (QED) is 0.620. The molecule has 1 aliphatic rings. The number of aromatic nitrogens is 1. The lowest BCUT2D eigenvalue weighted by atomic mass is 10.2. The van der Waals surface area contributed by atoms with Gasteiger partial charge in [0.25, 0.3) is 11.5 Å². The number of rotatable bonds is 4. The van der Waals surface area contributed by atoms with Gasteiger partial charge < -0.3 is 18.5 Å². The molecule has 1 amide bonds. The molecule has 4 heterocycles. The highest BCUT2D eigenvalue weighted by molar-refractivity contribution is 7.07. The Kier molecular flexibility index (Phi) is 5.46. The summed E-state index contributed by atoms with van der Waals surface area (Å²) < 4.78 is 18.0. The highest BCUT2D eigenvalue weighted by Crippen LogP contribution is 2.07. The van der Waals surface area contributed by atoms with Crippen LogP contribution in [-0.4, -0.2) is 41.7 Å². The van der Waals surface area contributed by atoms with Gasteiger partial charge in [-0.25, -0.2) is 0 Å². The molecule has 0 atom stereocenters. The van der Waals surface area contributed by atoms with Crippen LogP contribution >= 0.6 is 11.3 Å². The predicted molar refractivity (Wildman–Crippen MR) is 104 cm³/mol. The third-order valence-corrected chi connectivity index (χ3v) is 5.59. The number of thiazole rings is 1. The Morgan fingerprint density at radius 2 is 1.97 bits per heavy atom. The van der Waals surface area contributed by atoms with Gasteiger partial charge in [0.2, 0.25) is 0 Å². The van der Waals surface area contributed by atoms with Gasteiger partial charge >= 0.3 is 0 Å². The summed E-state index contributed by atoms with van der Waals surface area (Å²) in [4.78, 5) is 27.6. The van der Waals surface area contributed by atoms with Gasteiger partial charge in [-0.1, -0.05) is 0 Å². The van der Waals surface area contributed by atoms with Crippen LogP contribution < -0.4 is 14.8 Å². The van der Waals surface area contributed by atoms with E-state index in [1.807, 2.05) is 6.07 Å². The highest BCUT2D eigenvalue weighted by atomic mass is 32.1. The normalized spacial score (nSPS) is 16.0. The van der Waals surface area contributed by atoms with E-state index in [1.54, 1.807) is 35.2 Å². The molecule has 29 heavy (non-hydrogen) atoms. The van der Waals surface area contributed by atoms with Crippen LogP contribution in [0.15, 0.2) is 50.4 Å². The standard InChI is InChI=1S/C20H17N3O5S/c21-12-16(18(24)22-5-9-26-10-6-22)20-23(13-15-4-2-8-28-15)19(25)17(29-20)11-14-3-1-7-27-14/h1-4,7-8,11H,5-6,9-10,13H2. The molecule has 0 bridgehead atoms. The Bertz CT molecular complexity index is 1210. The zero-order chi connectivity index (χ0) is 20.2. The molecule has 3 aromatic rings. The van der Waals surface area contributed by atoms with Crippen molar-refractivity contribution in [2.75, 3.05) is 26.3 Å². The minimum Gasteiger partial charge on any atom is -0.467 e. The Morgan fingerprint density at radius 3 is 2.62 bits per heavy atom. The monoisotopic (exact) mass is 411 g/mol. The highest BCUT2D eigenvalue weighted by Gasteiger charge is 2.23. The third kappa shape index (κ3) is 3.94. The number of morpholine rings is 1. The number of ether oxygens (including phenoxy) is 1. The fourth-order valence-corrected chi connectivity index (χ4v) is 4.10. The number of nitrogens with zero attached hydrogens (tertiary/aromatic N) is 3. The van der Waals surface area contributed by atoms with Gasteiger partial charge in [0.05, 0.1) is 36.8 Å². The molecule has 0 N–H and O–H groups in total. The number of furan rings is 2. The molecule has 0 spiro atoms. The van der Waals surface area contributed by atoms with Crippen LogP contribution in [-0.2, 0) is 16.1 Å². The molecule has 1 saturated heterocycles. The predicted octanol–water partition coefficient (Wildman–Crippen LogP) is 0.506. The first kappa shape index (κ1) is 19.0. The Labute approximate surface area is 169 Å². The van der Waals surface area contributed by atoms with Crippen molar-refractivity contribution in [3.63, 3.8) is 0 Å². The number of carbonyl (C=O) groups excluding carboxylic acids is 1. The molecule has 148 valence electrons. The maximum absolute atomic E-state index is 13.1. The van der Waals surface area contributed by atoms with E-state index in [4.69, 9.17) is 13.6 Å². The summed E-state index contributed by atoms with van der Waals surface area (Å²) in [6.07, 6.45) is 4.62. The van der Waals surface area contributed by atoms with E-state index in [1.165, 1.54) is 17.1 Å². The van der Waals surface area contributed by atoms with Crippen LogP contribution in [0.4, 0.5) is 0 Å². The lowest BCUT2D eigenvalue weighted by Gasteiger charge is -2.26. The van der Waals surface area contributed by atoms with Crippen LogP contribution in [0, 0.1) is 11.3 Å². The van der Waals surface area contributed by atoms with Crippen molar-refractivity contribution in [3.8, 4) is 6.07 Å². The van der Waals surface area contributed by atoms with Crippen molar-refractivity contribution in [2.24, 2.45) is 0 Å². The molecule has 1 fully saturated rings. The van der Waals surface area contributed by atoms with Gasteiger partial charge in [-0.15, -0.1) is 11.3 Å². The van der Waals surface area contributed by atoms with Gasteiger partial charge in [-0.3, -0.25) is 14.2 Å². The van der Waals surface area contributed by atoms with Crippen molar-refractivity contribution in [1.82, 2.24) is 9.47 Å². The first-order chi connectivity index (χ1) is 14.2. The molecule has 0 radical (unpaired) electrons. The minimum atomic E-state index is -0.408. The SMILES string of the molecule is N#CC(C(=O)N1CCOCC1)=c1sc(=Cc2ccco2)c(=O)n1Cc1ccco1. The summed E-state index contributed by atoms with van der Waals surface area (Å²) in [5.41, 5.74) is -0.389. The van der Waals surface area contributed by atoms with E-state index >= 15 is 0 Å². The molecule has 1 aliphatic heterocycles. The van der Waals surface area contributed by atoms with Crippen molar-refractivity contribution >= 4 is 28.9 Å². The molecule has 4 rings (SSSR count). The maximum atomic E-state index is 13.1. The Balaban J connectivity index is 1.90. The Hall–Kier alpha value is -3.35. The molecule has 0 aromatic carbocycles. The maximum Gasteiger partial charge on any atom is 0.269 e. The van der Waals surface area contributed by atoms with Crippen molar-refractivity contribution in [1.29, 1.82) is 5.26 Å². The van der Waals surface area contributed by atoms with E-state index in [2.05, 4.69) is 0 Å². The van der Waals surface area contributed by atoms with Crippen LogP contribution in [0.2, 0.25) is 0 Å². The number of nitriles is 1. The average molecular weight is 411 g/mol. The second kappa shape index (κ2) is 8.34. The number of carbonyl (C=O) groups is 1. The third-order valence-electron chi connectivity index (χ3n) is 4.46. The first-order valence-corrected chi connectivity index (χ1v) is 9.77. The molecule has 9 heteroatoms. The summed E-state index contributed by atoms with van der Waals surface area (Å²) in [7, 11) is 0. The molecular formula is C20H17N3O5S. The fourth-order valence-electron chi connectivity index (χ4n) is 3.02. The summed E-state index contributed by atoms with van der Waals surface area (Å²) in [5.74, 6) is 0.652. The van der Waals surface area contributed by atoms with Gasteiger partial charge in [-0.2, -0.15) is 5.26 Å². The minimum absolute atomic E-state index is 0.0698. The topological polar surface area (TPSA) is 102 Å². The zero-order valence-corrected chi connectivity index (χ0v) is 16.2. The van der Waals surface area contributed by atoms with E-state index in [-0.39, 0.29) is 17.7 Å². The lowest BCUT2D eigenvalue weighted by Crippen LogP contribution is -2.43. The van der Waals surface area contributed by atoms with E-state index in [0.717, 1.165) is 11.3 Å². The first-order valence-electron chi connectivity index (χ1n) is 8.96. The average Bonchev–Trinajstić information content (AvgIpc) is 3.50. The van der Waals surface area contributed by atoms with Gasteiger partial charge in [0.1, 0.15) is 22.3 Å². The van der Waals surface area contributed by atoms with Gasteiger partial charge in [0, 0.05) is 19.2 Å². The Morgan fingerprint density at radius 1 is 1.21 bits per heavy atom. The summed E-state index contributed by atoms with van der Waals surface area (Å²) in [6, 6.07) is 8.90. The number of hydrogen-bond donors (Lipinski definition) is 0. The molecular weight excluding hydrogens is 394 g/mol. The summed E-state index contributed by atoms with van der Waals surface area (Å²) in [6.45, 7) is 1.77. The van der Waals surface area contributed by atoms with Gasteiger partial charge in [0.15, 0.2) is 5.57 Å².